The van der Waals surface area contributed by atoms with Crippen molar-refractivity contribution >= 4 is 5.97 Å². The predicted molar refractivity (Wildman–Crippen MR) is 49.6 cm³/mol. The fraction of sp³-hybridized carbons (Fsp3) is 0.900. The topological polar surface area (TPSA) is 46.5 Å². The third kappa shape index (κ3) is 2.21. The van der Waals surface area contributed by atoms with Crippen LogP contribution in [-0.4, -0.2) is 24.3 Å². The molecule has 0 aliphatic heterocycles. The SMILES string of the molecule is COC(C(=O)O)C1(CC(C)C)CC1. The Balaban J connectivity index is 2.61. The zero-order chi connectivity index (χ0) is 10.1. The smallest absolute Gasteiger partial charge is 0.333 e. The molecule has 76 valence electrons. The van der Waals surface area contributed by atoms with Crippen molar-refractivity contribution < 1.29 is 14.6 Å². The molecule has 3 nitrogen and oxygen atoms in total. The molecule has 1 aliphatic carbocycles. The van der Waals surface area contributed by atoms with Gasteiger partial charge in [0.1, 0.15) is 0 Å². The minimum absolute atomic E-state index is 0.0608. The summed E-state index contributed by atoms with van der Waals surface area (Å²) in [4.78, 5) is 10.9. The van der Waals surface area contributed by atoms with Gasteiger partial charge in [0.05, 0.1) is 0 Å². The van der Waals surface area contributed by atoms with Gasteiger partial charge in [-0.25, -0.2) is 4.79 Å². The number of methoxy groups -OCH3 is 1. The van der Waals surface area contributed by atoms with Gasteiger partial charge in [0.2, 0.25) is 0 Å². The van der Waals surface area contributed by atoms with Crippen LogP contribution in [0, 0.1) is 11.3 Å². The van der Waals surface area contributed by atoms with Gasteiger partial charge in [-0.05, 0) is 25.2 Å². The molecule has 0 amide bonds. The number of hydrogen-bond donors (Lipinski definition) is 1. The number of hydrogen-bond acceptors (Lipinski definition) is 2. The lowest BCUT2D eigenvalue weighted by molar-refractivity contribution is -0.153. The van der Waals surface area contributed by atoms with E-state index in [4.69, 9.17) is 9.84 Å². The minimum Gasteiger partial charge on any atom is -0.479 e. The number of rotatable bonds is 5. The monoisotopic (exact) mass is 186 g/mol. The van der Waals surface area contributed by atoms with Crippen LogP contribution in [-0.2, 0) is 9.53 Å². The van der Waals surface area contributed by atoms with E-state index >= 15 is 0 Å². The first-order valence-electron chi connectivity index (χ1n) is 4.77. The van der Waals surface area contributed by atoms with Crippen molar-refractivity contribution in [2.24, 2.45) is 11.3 Å². The summed E-state index contributed by atoms with van der Waals surface area (Å²) in [6, 6.07) is 0. The zero-order valence-corrected chi connectivity index (χ0v) is 8.54. The van der Waals surface area contributed by atoms with Gasteiger partial charge < -0.3 is 9.84 Å². The van der Waals surface area contributed by atoms with Crippen LogP contribution in [0.25, 0.3) is 0 Å². The standard InChI is InChI=1S/C10H18O3/c1-7(2)6-10(4-5-10)8(13-3)9(11)12/h7-8H,4-6H2,1-3H3,(H,11,12). The largest absolute Gasteiger partial charge is 0.479 e. The van der Waals surface area contributed by atoms with Crippen LogP contribution in [0.5, 0.6) is 0 Å². The lowest BCUT2D eigenvalue weighted by Crippen LogP contribution is -2.33. The first kappa shape index (κ1) is 10.5. The predicted octanol–water partition coefficient (Wildman–Crippen LogP) is 1.91. The molecule has 0 radical (unpaired) electrons. The molecule has 0 saturated heterocycles. The van der Waals surface area contributed by atoms with Gasteiger partial charge in [0, 0.05) is 12.5 Å². The van der Waals surface area contributed by atoms with Gasteiger partial charge in [-0.1, -0.05) is 13.8 Å². The highest BCUT2D eigenvalue weighted by Crippen LogP contribution is 2.54. The Bertz CT molecular complexity index is 194. The maximum atomic E-state index is 10.9. The van der Waals surface area contributed by atoms with Crippen molar-refractivity contribution in [2.75, 3.05) is 7.11 Å². The van der Waals surface area contributed by atoms with Crippen LogP contribution >= 0.6 is 0 Å². The molecule has 0 spiro atoms. The highest BCUT2D eigenvalue weighted by atomic mass is 16.5. The average Bonchev–Trinajstić information content (AvgIpc) is 2.68. The van der Waals surface area contributed by atoms with Crippen LogP contribution < -0.4 is 0 Å². The van der Waals surface area contributed by atoms with Crippen molar-refractivity contribution in [3.8, 4) is 0 Å². The third-order valence-corrected chi connectivity index (χ3v) is 2.72. The van der Waals surface area contributed by atoms with Crippen LogP contribution in [0.2, 0.25) is 0 Å². The summed E-state index contributed by atoms with van der Waals surface area (Å²) in [5, 5.41) is 8.94. The van der Waals surface area contributed by atoms with E-state index in [1.165, 1.54) is 7.11 Å². The molecule has 1 saturated carbocycles. The number of carbonyl (C=O) groups is 1. The van der Waals surface area contributed by atoms with Crippen molar-refractivity contribution in [3.63, 3.8) is 0 Å². The van der Waals surface area contributed by atoms with Crippen LogP contribution in [0.15, 0.2) is 0 Å². The number of ether oxygens (including phenoxy) is 1. The molecule has 13 heavy (non-hydrogen) atoms. The Labute approximate surface area is 79.1 Å². The molecule has 0 aromatic carbocycles. The van der Waals surface area contributed by atoms with Gasteiger partial charge in [0.25, 0.3) is 0 Å². The summed E-state index contributed by atoms with van der Waals surface area (Å²) >= 11 is 0. The molecule has 1 fully saturated rings. The van der Waals surface area contributed by atoms with Gasteiger partial charge in [-0.15, -0.1) is 0 Å². The second-order valence-electron chi connectivity index (χ2n) is 4.41. The van der Waals surface area contributed by atoms with E-state index in [2.05, 4.69) is 13.8 Å². The average molecular weight is 186 g/mol. The Hall–Kier alpha value is -0.570. The minimum atomic E-state index is -0.819. The lowest BCUT2D eigenvalue weighted by Gasteiger charge is -2.23. The Morgan fingerprint density at radius 2 is 2.08 bits per heavy atom. The zero-order valence-electron chi connectivity index (χ0n) is 8.54. The van der Waals surface area contributed by atoms with Gasteiger partial charge in [0.15, 0.2) is 6.10 Å². The van der Waals surface area contributed by atoms with Crippen molar-refractivity contribution in [3.05, 3.63) is 0 Å². The van der Waals surface area contributed by atoms with Crippen LogP contribution in [0.1, 0.15) is 33.1 Å². The molecule has 0 bridgehead atoms. The van der Waals surface area contributed by atoms with E-state index in [0.717, 1.165) is 19.3 Å². The van der Waals surface area contributed by atoms with E-state index in [1.807, 2.05) is 0 Å². The van der Waals surface area contributed by atoms with Gasteiger partial charge in [-0.3, -0.25) is 0 Å². The number of aliphatic carboxylic acids is 1. The maximum absolute atomic E-state index is 10.9. The third-order valence-electron chi connectivity index (χ3n) is 2.72. The molecule has 1 rings (SSSR count). The summed E-state index contributed by atoms with van der Waals surface area (Å²) in [5.41, 5.74) is -0.0608. The summed E-state index contributed by atoms with van der Waals surface area (Å²) in [5.74, 6) is -0.278. The summed E-state index contributed by atoms with van der Waals surface area (Å²) < 4.78 is 5.04. The fourth-order valence-electron chi connectivity index (χ4n) is 2.16. The molecule has 0 aromatic rings. The lowest BCUT2D eigenvalue weighted by atomic mass is 9.89. The van der Waals surface area contributed by atoms with E-state index in [1.54, 1.807) is 0 Å². The second-order valence-corrected chi connectivity index (χ2v) is 4.41. The number of carboxylic acid groups (broad SMARTS) is 1. The van der Waals surface area contributed by atoms with Crippen molar-refractivity contribution in [1.29, 1.82) is 0 Å². The van der Waals surface area contributed by atoms with E-state index in [0.29, 0.717) is 5.92 Å². The van der Waals surface area contributed by atoms with Gasteiger partial charge >= 0.3 is 5.97 Å². The first-order chi connectivity index (χ1) is 6.02. The Kier molecular flexibility index (Phi) is 2.96. The molecule has 1 unspecified atom stereocenters. The fourth-order valence-corrected chi connectivity index (χ4v) is 2.16. The normalized spacial score (nSPS) is 21.5. The highest BCUT2D eigenvalue weighted by molar-refractivity contribution is 5.74. The van der Waals surface area contributed by atoms with Crippen LogP contribution in [0.3, 0.4) is 0 Å². The molecular formula is C10H18O3. The first-order valence-corrected chi connectivity index (χ1v) is 4.77. The van der Waals surface area contributed by atoms with Crippen molar-refractivity contribution in [1.82, 2.24) is 0 Å². The van der Waals surface area contributed by atoms with E-state index in [-0.39, 0.29) is 5.41 Å². The molecule has 0 aromatic heterocycles. The number of carboxylic acids is 1. The Morgan fingerprint density at radius 3 is 2.31 bits per heavy atom. The molecule has 1 aliphatic rings. The molecule has 0 heterocycles. The van der Waals surface area contributed by atoms with Crippen LogP contribution in [0.4, 0.5) is 0 Å². The molecular weight excluding hydrogens is 168 g/mol. The molecule has 3 heteroatoms. The molecule has 1 atom stereocenters. The quantitative estimate of drug-likeness (QED) is 0.713. The van der Waals surface area contributed by atoms with E-state index < -0.39 is 12.1 Å². The Morgan fingerprint density at radius 1 is 1.54 bits per heavy atom. The van der Waals surface area contributed by atoms with E-state index in [9.17, 15) is 4.79 Å². The molecule has 1 N–H and O–H groups in total. The summed E-state index contributed by atoms with van der Waals surface area (Å²) in [7, 11) is 1.49. The van der Waals surface area contributed by atoms with Crippen molar-refractivity contribution in [2.45, 2.75) is 39.2 Å². The second kappa shape index (κ2) is 3.66. The van der Waals surface area contributed by atoms with Gasteiger partial charge in [-0.2, -0.15) is 0 Å². The highest BCUT2D eigenvalue weighted by Gasteiger charge is 2.53. The summed E-state index contributed by atoms with van der Waals surface area (Å²) in [6.07, 6.45) is 2.35. The summed E-state index contributed by atoms with van der Waals surface area (Å²) in [6.45, 7) is 4.24. The maximum Gasteiger partial charge on any atom is 0.333 e.